The number of para-hydroxylation sites is 1. The lowest BCUT2D eigenvalue weighted by atomic mass is 9.95. The Balaban J connectivity index is 1.51. The molecular formula is C36H29F3N2O5S. The van der Waals surface area contributed by atoms with E-state index in [0.717, 1.165) is 15.9 Å². The van der Waals surface area contributed by atoms with Crippen LogP contribution in [0, 0.1) is 5.82 Å². The molecule has 0 atom stereocenters. The first-order valence-electron chi connectivity index (χ1n) is 14.9. The van der Waals surface area contributed by atoms with Crippen molar-refractivity contribution in [1.82, 2.24) is 4.57 Å². The van der Waals surface area contributed by atoms with Crippen LogP contribution in [-0.4, -0.2) is 44.6 Å². The minimum atomic E-state index is -3.77. The zero-order chi connectivity index (χ0) is 33.2. The van der Waals surface area contributed by atoms with E-state index in [1.165, 1.54) is 31.3 Å². The van der Waals surface area contributed by atoms with E-state index in [2.05, 4.69) is 0 Å². The molecule has 1 aliphatic rings. The van der Waals surface area contributed by atoms with Crippen LogP contribution in [0.15, 0.2) is 89.3 Å². The van der Waals surface area contributed by atoms with Gasteiger partial charge in [-0.2, -0.15) is 0 Å². The van der Waals surface area contributed by atoms with Crippen LogP contribution in [0.25, 0.3) is 55.6 Å². The number of fused-ring (bicyclic) bond motifs is 6. The molecule has 7 nitrogen and oxygen atoms in total. The molecule has 11 heteroatoms. The van der Waals surface area contributed by atoms with Crippen LogP contribution in [0.4, 0.5) is 18.9 Å². The number of anilines is 1. The van der Waals surface area contributed by atoms with Gasteiger partial charge < -0.3 is 13.7 Å². The number of hydrogen-bond donors (Lipinski definition) is 0. The van der Waals surface area contributed by atoms with Crippen LogP contribution in [0.1, 0.15) is 23.7 Å². The lowest BCUT2D eigenvalue weighted by molar-refractivity contribution is -0.0545. The molecule has 2 aromatic heterocycles. The summed E-state index contributed by atoms with van der Waals surface area (Å²) in [6, 6.07) is 23.0. The molecule has 6 aromatic rings. The number of nitrogens with zero attached hydrogens (tertiary/aromatic N) is 2. The number of benzene rings is 4. The van der Waals surface area contributed by atoms with Crippen molar-refractivity contribution in [1.29, 1.82) is 0 Å². The number of sulfonamides is 1. The number of ketones is 1. The number of ether oxygens (including phenoxy) is 1. The van der Waals surface area contributed by atoms with Crippen LogP contribution in [0.2, 0.25) is 0 Å². The van der Waals surface area contributed by atoms with Crippen molar-refractivity contribution in [3.8, 4) is 39.5 Å². The van der Waals surface area contributed by atoms with Gasteiger partial charge in [0.1, 0.15) is 22.9 Å². The molecule has 0 radical (unpaired) electrons. The van der Waals surface area contributed by atoms with E-state index in [9.17, 15) is 26.4 Å². The molecule has 0 spiro atoms. The van der Waals surface area contributed by atoms with Gasteiger partial charge in [0.15, 0.2) is 12.4 Å². The molecule has 47 heavy (non-hydrogen) atoms. The van der Waals surface area contributed by atoms with Crippen LogP contribution in [0.5, 0.6) is 5.75 Å². The average Bonchev–Trinajstić information content (AvgIpc) is 3.59. The molecule has 0 saturated carbocycles. The Morgan fingerprint density at radius 1 is 0.957 bits per heavy atom. The summed E-state index contributed by atoms with van der Waals surface area (Å²) in [4.78, 5) is 13.4. The quantitative estimate of drug-likeness (QED) is 0.168. The van der Waals surface area contributed by atoms with Gasteiger partial charge >= 0.3 is 0 Å². The molecule has 1 aliphatic heterocycles. The number of furan rings is 1. The van der Waals surface area contributed by atoms with Crippen molar-refractivity contribution in [2.24, 2.45) is 0 Å². The van der Waals surface area contributed by atoms with Crippen LogP contribution in [-0.2, 0) is 16.6 Å². The van der Waals surface area contributed by atoms with Crippen molar-refractivity contribution in [2.45, 2.75) is 25.8 Å². The highest BCUT2D eigenvalue weighted by Crippen LogP contribution is 2.45. The Morgan fingerprint density at radius 2 is 1.68 bits per heavy atom. The number of rotatable bonds is 6. The average molecular weight is 659 g/mol. The third-order valence-electron chi connectivity index (χ3n) is 8.55. The molecular weight excluding hydrogens is 629 g/mol. The highest BCUT2D eigenvalue weighted by atomic mass is 32.2. The number of hydrogen-bond acceptors (Lipinski definition) is 5. The molecule has 0 bridgehead atoms. The molecule has 0 amide bonds. The molecule has 240 valence electrons. The summed E-state index contributed by atoms with van der Waals surface area (Å²) >= 11 is 0. The Bertz CT molecular complexity index is 2330. The Kier molecular flexibility index (Phi) is 7.20. The fourth-order valence-electron chi connectivity index (χ4n) is 6.15. The zero-order valence-electron chi connectivity index (χ0n) is 25.7. The summed E-state index contributed by atoms with van der Waals surface area (Å²) in [6.07, 6.45) is 1.24. The Morgan fingerprint density at radius 3 is 2.40 bits per heavy atom. The minimum Gasteiger partial charge on any atom is -0.487 e. The second kappa shape index (κ2) is 11.0. The predicted molar refractivity (Wildman–Crippen MR) is 176 cm³/mol. The lowest BCUT2D eigenvalue weighted by Crippen LogP contribution is -2.32. The van der Waals surface area contributed by atoms with Gasteiger partial charge in [0.2, 0.25) is 10.0 Å². The predicted octanol–water partition coefficient (Wildman–Crippen LogP) is 8.54. The number of carbonyl (C=O) groups excluding carboxylic acids is 1. The number of Topliss-reactive ketones (excluding diaryl/α,β-unsaturated/α-hetero) is 1. The van der Waals surface area contributed by atoms with E-state index >= 15 is 0 Å². The molecule has 0 aliphatic carbocycles. The van der Waals surface area contributed by atoms with E-state index in [0.29, 0.717) is 44.4 Å². The molecule has 0 unspecified atom stereocenters. The number of alkyl halides is 2. The van der Waals surface area contributed by atoms with Gasteiger partial charge in [0.05, 0.1) is 29.7 Å². The van der Waals surface area contributed by atoms with Gasteiger partial charge in [-0.25, -0.2) is 21.6 Å². The maximum atomic E-state index is 15.0. The van der Waals surface area contributed by atoms with Gasteiger partial charge in [-0.3, -0.25) is 9.10 Å². The van der Waals surface area contributed by atoms with Gasteiger partial charge in [0.25, 0.3) is 5.92 Å². The third-order valence-corrected chi connectivity index (χ3v) is 9.75. The maximum absolute atomic E-state index is 15.0. The first-order chi connectivity index (χ1) is 22.3. The van der Waals surface area contributed by atoms with E-state index in [4.69, 9.17) is 9.15 Å². The van der Waals surface area contributed by atoms with Gasteiger partial charge in [0, 0.05) is 52.5 Å². The van der Waals surface area contributed by atoms with Gasteiger partial charge in [-0.15, -0.1) is 0 Å². The maximum Gasteiger partial charge on any atom is 0.298 e. The fraction of sp³-hybridized carbons (Fsp3) is 0.194. The van der Waals surface area contributed by atoms with Crippen molar-refractivity contribution in [2.75, 3.05) is 24.2 Å². The topological polar surface area (TPSA) is 81.8 Å². The summed E-state index contributed by atoms with van der Waals surface area (Å²) in [7, 11) is -2.36. The lowest BCUT2D eigenvalue weighted by Gasteiger charge is -2.26. The highest BCUT2D eigenvalue weighted by Gasteiger charge is 2.35. The Labute approximate surface area is 268 Å². The monoisotopic (exact) mass is 658 g/mol. The molecule has 3 heterocycles. The largest absolute Gasteiger partial charge is 0.487 e. The first kappa shape index (κ1) is 30.6. The van der Waals surface area contributed by atoms with Crippen LogP contribution in [0.3, 0.4) is 0 Å². The standard InChI is InChI=1S/C36H29F3N2O5S/c1-4-31(42)34-27-17-25(29(40(2)47(3,43)44)18-33(27)46-35(34)21-9-12-24(37)13-10-21)22-11-14-32-26(15-22)30-16-23-7-5-6-8-28(23)41(30)19-36(38,39)20-45-32/h5-18H,4,19-20H2,1-3H3. The smallest absolute Gasteiger partial charge is 0.298 e. The van der Waals surface area contributed by atoms with Crippen LogP contribution >= 0.6 is 0 Å². The summed E-state index contributed by atoms with van der Waals surface area (Å²) in [5.74, 6) is -3.29. The van der Waals surface area contributed by atoms with Gasteiger partial charge in [-0.1, -0.05) is 31.2 Å². The van der Waals surface area contributed by atoms with Crippen LogP contribution < -0.4 is 9.04 Å². The van der Waals surface area contributed by atoms with Crippen molar-refractivity contribution >= 4 is 43.4 Å². The Hall–Kier alpha value is -5.03. The molecule has 0 fully saturated rings. The van der Waals surface area contributed by atoms with Crippen molar-refractivity contribution < 1.29 is 35.5 Å². The van der Waals surface area contributed by atoms with Crippen molar-refractivity contribution in [3.63, 3.8) is 0 Å². The normalized spacial score (nSPS) is 14.3. The summed E-state index contributed by atoms with van der Waals surface area (Å²) < 4.78 is 84.1. The van der Waals surface area contributed by atoms with E-state index in [1.807, 2.05) is 18.2 Å². The third kappa shape index (κ3) is 5.34. The second-order valence-electron chi connectivity index (χ2n) is 11.7. The first-order valence-corrected chi connectivity index (χ1v) is 16.8. The number of aromatic nitrogens is 1. The number of halogens is 3. The van der Waals surface area contributed by atoms with E-state index < -0.39 is 34.9 Å². The molecule has 0 saturated heterocycles. The number of carbonyl (C=O) groups is 1. The molecule has 7 rings (SSSR count). The second-order valence-corrected chi connectivity index (χ2v) is 13.7. The van der Waals surface area contributed by atoms with Crippen molar-refractivity contribution in [3.05, 3.63) is 96.3 Å². The summed E-state index contributed by atoms with van der Waals surface area (Å²) in [5.41, 5.74) is 4.05. The SMILES string of the molecule is CCC(=O)c1c(-c2ccc(F)cc2)oc2cc(N(C)S(C)(=O)=O)c(-c3ccc4c(c3)-c3cc5ccccc5n3CC(F)(F)CO4)cc12. The fourth-order valence-corrected chi connectivity index (χ4v) is 6.66. The summed E-state index contributed by atoms with van der Waals surface area (Å²) in [5, 5.41) is 1.23. The van der Waals surface area contributed by atoms with Gasteiger partial charge in [-0.05, 0) is 60.2 Å². The zero-order valence-corrected chi connectivity index (χ0v) is 26.5. The minimum absolute atomic E-state index is 0.161. The van der Waals surface area contributed by atoms with E-state index in [1.54, 1.807) is 54.0 Å². The molecule has 0 N–H and O–H groups in total. The van der Waals surface area contributed by atoms with E-state index in [-0.39, 0.29) is 35.0 Å². The highest BCUT2D eigenvalue weighted by molar-refractivity contribution is 7.92. The summed E-state index contributed by atoms with van der Waals surface area (Å²) in [6.45, 7) is 0.320. The molecule has 4 aromatic carbocycles.